The van der Waals surface area contributed by atoms with E-state index in [2.05, 4.69) is 17.2 Å². The molecular weight excluding hydrogens is 509 g/mol. The summed E-state index contributed by atoms with van der Waals surface area (Å²) in [6.45, 7) is 5.16. The minimum absolute atomic E-state index is 0.0846. The number of carbonyl (C=O) groups excluding carboxylic acids is 1. The fraction of sp³-hybridized carbons (Fsp3) is 0.458. The molecule has 4 rings (SSSR count). The molecule has 0 amide bonds. The molecule has 2 aliphatic heterocycles. The number of piperazine rings is 1. The number of hydrogen-bond acceptors (Lipinski definition) is 9. The number of anilines is 2. The number of hydroxylamine groups is 1. The second-order valence-corrected chi connectivity index (χ2v) is 8.44. The molecule has 11 nitrogen and oxygen atoms in total. The van der Waals surface area contributed by atoms with Crippen LogP contribution in [0.2, 0.25) is 0 Å². The number of alkyl halides is 3. The van der Waals surface area contributed by atoms with Gasteiger partial charge in [0.05, 0.1) is 18.8 Å². The number of nitrogens with zero attached hydrogens (tertiary/aromatic N) is 5. The zero-order chi connectivity index (χ0) is 27.6. The van der Waals surface area contributed by atoms with Crippen LogP contribution in [0.1, 0.15) is 13.8 Å². The molecule has 0 aliphatic carbocycles. The van der Waals surface area contributed by atoms with Crippen LogP contribution in [0.4, 0.5) is 24.7 Å². The summed E-state index contributed by atoms with van der Waals surface area (Å²) in [4.78, 5) is 47.4. The van der Waals surface area contributed by atoms with Crippen molar-refractivity contribution in [3.63, 3.8) is 0 Å². The lowest BCUT2D eigenvalue weighted by Gasteiger charge is -2.40. The van der Waals surface area contributed by atoms with Crippen molar-refractivity contribution in [2.24, 2.45) is 7.05 Å². The maximum atomic E-state index is 13.5. The summed E-state index contributed by atoms with van der Waals surface area (Å²) >= 11 is 0. The first-order valence-electron chi connectivity index (χ1n) is 11.9. The predicted octanol–water partition coefficient (Wildman–Crippen LogP) is 0.794. The van der Waals surface area contributed by atoms with Gasteiger partial charge in [-0.2, -0.15) is 13.2 Å². The lowest BCUT2D eigenvalue weighted by atomic mass is 10.2. The van der Waals surface area contributed by atoms with Crippen molar-refractivity contribution in [2.45, 2.75) is 26.3 Å². The summed E-state index contributed by atoms with van der Waals surface area (Å²) in [6.07, 6.45) is -6.52. The molecule has 1 saturated heterocycles. The summed E-state index contributed by atoms with van der Waals surface area (Å²) < 4.78 is 47.9. The summed E-state index contributed by atoms with van der Waals surface area (Å²) in [7, 11) is 1.26. The van der Waals surface area contributed by atoms with Crippen molar-refractivity contribution in [2.75, 3.05) is 49.3 Å². The molecule has 1 unspecified atom stereocenters. The number of benzene rings is 1. The van der Waals surface area contributed by atoms with Crippen molar-refractivity contribution >= 4 is 17.5 Å². The predicted molar refractivity (Wildman–Crippen MR) is 132 cm³/mol. The number of nitrogens with one attached hydrogen (secondary N) is 1. The molecule has 3 heterocycles. The van der Waals surface area contributed by atoms with Crippen LogP contribution >= 0.6 is 0 Å². The zero-order valence-electron chi connectivity index (χ0n) is 21.0. The van der Waals surface area contributed by atoms with Gasteiger partial charge < -0.3 is 19.8 Å². The van der Waals surface area contributed by atoms with Crippen LogP contribution in [0, 0.1) is 11.8 Å². The standard InChI is InChI=1S/C24H27F3N6O5/c1-4-6-13-31-18-19(33(38-21(35)24(25,26)27)22(31)30-14-11-28-12-15-30)32(23(36)29(3)20(18)34)16-9-7-8-10-17(16)37-5-2/h7-10,22,28H,5,11-15H2,1-3H3. The first kappa shape index (κ1) is 27.1. The van der Waals surface area contributed by atoms with Crippen LogP contribution in [0.3, 0.4) is 0 Å². The van der Waals surface area contributed by atoms with E-state index in [1.54, 1.807) is 36.9 Å². The van der Waals surface area contributed by atoms with E-state index in [4.69, 9.17) is 9.57 Å². The molecule has 1 atom stereocenters. The van der Waals surface area contributed by atoms with Crippen molar-refractivity contribution < 1.29 is 27.5 Å². The number of fused-ring (bicyclic) bond motifs is 1. The number of carbonyl (C=O) groups is 1. The van der Waals surface area contributed by atoms with Gasteiger partial charge in [-0.05, 0) is 26.0 Å². The van der Waals surface area contributed by atoms with Crippen molar-refractivity contribution in [3.8, 4) is 23.3 Å². The third-order valence-electron chi connectivity index (χ3n) is 6.12. The smallest absolute Gasteiger partial charge is 0.492 e. The number of halogens is 3. The van der Waals surface area contributed by atoms with Crippen LogP contribution in [-0.4, -0.2) is 71.8 Å². The van der Waals surface area contributed by atoms with Crippen molar-refractivity contribution in [1.29, 1.82) is 0 Å². The summed E-state index contributed by atoms with van der Waals surface area (Å²) in [5, 5.41) is 3.85. The van der Waals surface area contributed by atoms with Crippen LogP contribution in [0.15, 0.2) is 33.9 Å². The van der Waals surface area contributed by atoms with Gasteiger partial charge in [-0.15, -0.1) is 11.0 Å². The highest BCUT2D eigenvalue weighted by Gasteiger charge is 2.51. The molecule has 1 aromatic carbocycles. The van der Waals surface area contributed by atoms with Crippen LogP contribution < -0.4 is 31.3 Å². The van der Waals surface area contributed by atoms with Gasteiger partial charge in [-0.1, -0.05) is 18.1 Å². The summed E-state index contributed by atoms with van der Waals surface area (Å²) in [5.41, 5.74) is -1.63. The second kappa shape index (κ2) is 10.8. The van der Waals surface area contributed by atoms with E-state index in [9.17, 15) is 27.6 Å². The van der Waals surface area contributed by atoms with E-state index in [0.717, 1.165) is 9.13 Å². The lowest BCUT2D eigenvalue weighted by Crippen LogP contribution is -2.61. The minimum Gasteiger partial charge on any atom is -0.492 e. The van der Waals surface area contributed by atoms with Gasteiger partial charge in [0.15, 0.2) is 17.8 Å². The number of rotatable bonds is 6. The highest BCUT2D eigenvalue weighted by Crippen LogP contribution is 2.41. The molecule has 0 saturated carbocycles. The van der Waals surface area contributed by atoms with E-state index in [1.807, 2.05) is 0 Å². The van der Waals surface area contributed by atoms with Gasteiger partial charge in [-0.3, -0.25) is 14.3 Å². The Balaban J connectivity index is 2.06. The molecule has 0 radical (unpaired) electrons. The van der Waals surface area contributed by atoms with Gasteiger partial charge in [0.2, 0.25) is 0 Å². The Bertz CT molecular complexity index is 1390. The highest BCUT2D eigenvalue weighted by molar-refractivity contribution is 5.81. The topological polar surface area (TPSA) is 101 Å². The molecule has 2 aliphatic rings. The Kier molecular flexibility index (Phi) is 7.70. The van der Waals surface area contributed by atoms with Crippen LogP contribution in [0.5, 0.6) is 5.75 Å². The first-order chi connectivity index (χ1) is 18.1. The quantitative estimate of drug-likeness (QED) is 0.537. The van der Waals surface area contributed by atoms with Gasteiger partial charge >= 0.3 is 17.8 Å². The van der Waals surface area contributed by atoms with Gasteiger partial charge in [0.25, 0.3) is 5.56 Å². The molecule has 1 N–H and O–H groups in total. The zero-order valence-corrected chi connectivity index (χ0v) is 21.0. The molecule has 0 spiro atoms. The van der Waals surface area contributed by atoms with Gasteiger partial charge in [0.1, 0.15) is 5.75 Å². The van der Waals surface area contributed by atoms with E-state index in [1.165, 1.54) is 18.0 Å². The molecule has 204 valence electrons. The number of para-hydroxylation sites is 2. The summed E-state index contributed by atoms with van der Waals surface area (Å²) in [6, 6.07) is 6.37. The molecule has 1 aromatic heterocycles. The normalized spacial score (nSPS) is 17.6. The van der Waals surface area contributed by atoms with Crippen molar-refractivity contribution in [1.82, 2.24) is 19.4 Å². The van der Waals surface area contributed by atoms with Gasteiger partial charge in [-0.25, -0.2) is 14.2 Å². The fourth-order valence-corrected chi connectivity index (χ4v) is 4.45. The summed E-state index contributed by atoms with van der Waals surface area (Å²) in [5.74, 6) is 2.98. The monoisotopic (exact) mass is 536 g/mol. The third kappa shape index (κ3) is 4.82. The largest absolute Gasteiger partial charge is 0.493 e. The lowest BCUT2D eigenvalue weighted by molar-refractivity contribution is -0.203. The average molecular weight is 537 g/mol. The molecule has 38 heavy (non-hydrogen) atoms. The first-order valence-corrected chi connectivity index (χ1v) is 11.9. The Morgan fingerprint density at radius 2 is 1.87 bits per heavy atom. The Morgan fingerprint density at radius 3 is 2.50 bits per heavy atom. The Hall–Kier alpha value is -3.96. The fourth-order valence-electron chi connectivity index (χ4n) is 4.45. The number of aromatic nitrogens is 2. The van der Waals surface area contributed by atoms with Crippen molar-refractivity contribution in [3.05, 3.63) is 45.1 Å². The minimum atomic E-state index is -5.33. The van der Waals surface area contributed by atoms with E-state index >= 15 is 0 Å². The van der Waals surface area contributed by atoms with Crippen LogP contribution in [0.25, 0.3) is 5.69 Å². The van der Waals surface area contributed by atoms with Gasteiger partial charge in [0, 0.05) is 33.2 Å². The third-order valence-corrected chi connectivity index (χ3v) is 6.12. The SMILES string of the molecule is CC#CCN1c2c(n(-c3ccccc3OCC)c(=O)n(C)c2=O)N(OC(=O)C(F)(F)F)C1N1CCNCC1. The molecule has 14 heteroatoms. The van der Waals surface area contributed by atoms with E-state index in [-0.39, 0.29) is 36.1 Å². The maximum Gasteiger partial charge on any atom is 0.493 e. The Morgan fingerprint density at radius 1 is 1.18 bits per heavy atom. The average Bonchev–Trinajstić information content (AvgIpc) is 3.20. The second-order valence-electron chi connectivity index (χ2n) is 8.44. The highest BCUT2D eigenvalue weighted by atomic mass is 19.4. The Labute approximate surface area is 215 Å². The van der Waals surface area contributed by atoms with E-state index < -0.39 is 29.7 Å². The van der Waals surface area contributed by atoms with Crippen LogP contribution in [-0.2, 0) is 16.7 Å². The maximum absolute atomic E-state index is 13.5. The molecule has 1 fully saturated rings. The molecule has 0 bridgehead atoms. The van der Waals surface area contributed by atoms with E-state index in [0.29, 0.717) is 31.2 Å². The number of hydrogen-bond donors (Lipinski definition) is 1. The number of ether oxygens (including phenoxy) is 1. The molecular formula is C24H27F3N6O5. The molecule has 2 aromatic rings.